The lowest BCUT2D eigenvalue weighted by atomic mass is 9.99. The first-order valence-electron chi connectivity index (χ1n) is 6.33. The summed E-state index contributed by atoms with van der Waals surface area (Å²) in [6.45, 7) is 9.06. The molecule has 1 aromatic rings. The lowest BCUT2D eigenvalue weighted by Crippen LogP contribution is -2.57. The summed E-state index contributed by atoms with van der Waals surface area (Å²) >= 11 is 2.36. The molecule has 0 saturated carbocycles. The zero-order chi connectivity index (χ0) is 12.4. The van der Waals surface area contributed by atoms with Gasteiger partial charge in [0.05, 0.1) is 0 Å². The third-order valence-electron chi connectivity index (χ3n) is 3.56. The number of benzene rings is 1. The number of piperazine rings is 1. The summed E-state index contributed by atoms with van der Waals surface area (Å²) < 4.78 is 1.30. The SMILES string of the molecule is CC(C)C1CN(c2ccc(I)cc2)C(C)CN1. The summed E-state index contributed by atoms with van der Waals surface area (Å²) in [7, 11) is 0. The Morgan fingerprint density at radius 3 is 2.53 bits per heavy atom. The molecule has 1 aromatic carbocycles. The molecule has 2 rings (SSSR count). The highest BCUT2D eigenvalue weighted by Crippen LogP contribution is 2.22. The molecule has 1 N–H and O–H groups in total. The summed E-state index contributed by atoms with van der Waals surface area (Å²) in [4.78, 5) is 2.53. The minimum atomic E-state index is 0.574. The average molecular weight is 344 g/mol. The molecule has 1 fully saturated rings. The number of hydrogen-bond acceptors (Lipinski definition) is 2. The van der Waals surface area contributed by atoms with E-state index >= 15 is 0 Å². The number of nitrogens with zero attached hydrogens (tertiary/aromatic N) is 1. The fourth-order valence-electron chi connectivity index (χ4n) is 2.33. The fraction of sp³-hybridized carbons (Fsp3) is 0.571. The summed E-state index contributed by atoms with van der Waals surface area (Å²) in [5.41, 5.74) is 1.35. The van der Waals surface area contributed by atoms with E-state index in [1.54, 1.807) is 0 Å². The van der Waals surface area contributed by atoms with Gasteiger partial charge >= 0.3 is 0 Å². The summed E-state index contributed by atoms with van der Waals surface area (Å²) in [5.74, 6) is 0.689. The average Bonchev–Trinajstić information content (AvgIpc) is 2.31. The van der Waals surface area contributed by atoms with E-state index in [4.69, 9.17) is 0 Å². The van der Waals surface area contributed by atoms with Crippen molar-refractivity contribution in [3.63, 3.8) is 0 Å². The van der Waals surface area contributed by atoms with E-state index in [0.717, 1.165) is 13.1 Å². The van der Waals surface area contributed by atoms with Crippen LogP contribution in [0.5, 0.6) is 0 Å². The topological polar surface area (TPSA) is 15.3 Å². The summed E-state index contributed by atoms with van der Waals surface area (Å²) in [6, 6.07) is 10.0. The number of halogens is 1. The van der Waals surface area contributed by atoms with E-state index in [1.807, 2.05) is 0 Å². The van der Waals surface area contributed by atoms with E-state index in [-0.39, 0.29) is 0 Å². The molecule has 2 nitrogen and oxygen atoms in total. The number of nitrogens with one attached hydrogen (secondary N) is 1. The van der Waals surface area contributed by atoms with Gasteiger partial charge in [0.15, 0.2) is 0 Å². The van der Waals surface area contributed by atoms with Gasteiger partial charge in [-0.15, -0.1) is 0 Å². The molecule has 1 aliphatic rings. The van der Waals surface area contributed by atoms with Crippen molar-refractivity contribution in [3.8, 4) is 0 Å². The molecule has 94 valence electrons. The summed E-state index contributed by atoms with van der Waals surface area (Å²) in [6.07, 6.45) is 0. The molecule has 0 bridgehead atoms. The molecule has 0 spiro atoms. The zero-order valence-corrected chi connectivity index (χ0v) is 12.9. The van der Waals surface area contributed by atoms with Crippen molar-refractivity contribution in [1.82, 2.24) is 5.32 Å². The number of anilines is 1. The van der Waals surface area contributed by atoms with Gasteiger partial charge in [-0.2, -0.15) is 0 Å². The Balaban J connectivity index is 2.15. The van der Waals surface area contributed by atoms with Gasteiger partial charge in [0.2, 0.25) is 0 Å². The summed E-state index contributed by atoms with van der Waals surface area (Å²) in [5, 5.41) is 3.64. The van der Waals surface area contributed by atoms with E-state index < -0.39 is 0 Å². The monoisotopic (exact) mass is 344 g/mol. The van der Waals surface area contributed by atoms with Crippen LogP contribution in [0, 0.1) is 9.49 Å². The second-order valence-electron chi connectivity index (χ2n) is 5.24. The van der Waals surface area contributed by atoms with Crippen LogP contribution in [0.1, 0.15) is 20.8 Å². The first-order chi connectivity index (χ1) is 8.08. The molecule has 0 aromatic heterocycles. The van der Waals surface area contributed by atoms with Crippen molar-refractivity contribution in [2.75, 3.05) is 18.0 Å². The van der Waals surface area contributed by atoms with Gasteiger partial charge in [-0.1, -0.05) is 13.8 Å². The van der Waals surface area contributed by atoms with Crippen LogP contribution >= 0.6 is 22.6 Å². The highest BCUT2D eigenvalue weighted by molar-refractivity contribution is 14.1. The van der Waals surface area contributed by atoms with Crippen LogP contribution in [-0.4, -0.2) is 25.2 Å². The minimum absolute atomic E-state index is 0.574. The molecule has 0 radical (unpaired) electrons. The van der Waals surface area contributed by atoms with Crippen molar-refractivity contribution in [3.05, 3.63) is 27.8 Å². The second-order valence-corrected chi connectivity index (χ2v) is 6.48. The second kappa shape index (κ2) is 5.57. The van der Waals surface area contributed by atoms with Crippen molar-refractivity contribution in [1.29, 1.82) is 0 Å². The number of hydrogen-bond donors (Lipinski definition) is 1. The predicted molar refractivity (Wildman–Crippen MR) is 82.6 cm³/mol. The maximum absolute atomic E-state index is 3.64. The van der Waals surface area contributed by atoms with Crippen molar-refractivity contribution >= 4 is 28.3 Å². The molecular formula is C14H21IN2. The van der Waals surface area contributed by atoms with Crippen LogP contribution in [0.4, 0.5) is 5.69 Å². The molecule has 1 heterocycles. The van der Waals surface area contributed by atoms with Crippen molar-refractivity contribution < 1.29 is 0 Å². The Morgan fingerprint density at radius 1 is 1.29 bits per heavy atom. The van der Waals surface area contributed by atoms with Crippen LogP contribution in [0.3, 0.4) is 0 Å². The molecule has 2 atom stereocenters. The largest absolute Gasteiger partial charge is 0.366 e. The van der Waals surface area contributed by atoms with E-state index in [1.165, 1.54) is 9.26 Å². The lowest BCUT2D eigenvalue weighted by molar-refractivity contribution is 0.337. The van der Waals surface area contributed by atoms with Gasteiger partial charge in [-0.05, 0) is 59.7 Å². The smallest absolute Gasteiger partial charge is 0.0387 e. The maximum atomic E-state index is 3.64. The lowest BCUT2D eigenvalue weighted by Gasteiger charge is -2.42. The molecule has 2 unspecified atom stereocenters. The minimum Gasteiger partial charge on any atom is -0.366 e. The molecule has 3 heteroatoms. The van der Waals surface area contributed by atoms with E-state index in [9.17, 15) is 0 Å². The van der Waals surface area contributed by atoms with Crippen LogP contribution < -0.4 is 10.2 Å². The molecule has 0 amide bonds. The Bertz CT molecular complexity index is 361. The molecular weight excluding hydrogens is 323 g/mol. The first kappa shape index (κ1) is 13.1. The Morgan fingerprint density at radius 2 is 1.94 bits per heavy atom. The molecule has 1 aliphatic heterocycles. The van der Waals surface area contributed by atoms with Crippen LogP contribution in [0.15, 0.2) is 24.3 Å². The van der Waals surface area contributed by atoms with Gasteiger partial charge < -0.3 is 10.2 Å². The standard InChI is InChI=1S/C14H21IN2/c1-10(2)14-9-17(11(3)8-16-14)13-6-4-12(15)5-7-13/h4-7,10-11,14,16H,8-9H2,1-3H3. The van der Waals surface area contributed by atoms with E-state index in [2.05, 4.69) is 77.8 Å². The maximum Gasteiger partial charge on any atom is 0.0387 e. The van der Waals surface area contributed by atoms with Gasteiger partial charge in [-0.3, -0.25) is 0 Å². The van der Waals surface area contributed by atoms with E-state index in [0.29, 0.717) is 18.0 Å². The first-order valence-corrected chi connectivity index (χ1v) is 7.41. The quantitative estimate of drug-likeness (QED) is 0.830. The Kier molecular flexibility index (Phi) is 4.31. The molecule has 0 aliphatic carbocycles. The third-order valence-corrected chi connectivity index (χ3v) is 4.28. The van der Waals surface area contributed by atoms with Gasteiger partial charge in [0.1, 0.15) is 0 Å². The fourth-order valence-corrected chi connectivity index (χ4v) is 2.69. The van der Waals surface area contributed by atoms with Gasteiger partial charge in [0.25, 0.3) is 0 Å². The highest BCUT2D eigenvalue weighted by atomic mass is 127. The van der Waals surface area contributed by atoms with Crippen molar-refractivity contribution in [2.45, 2.75) is 32.9 Å². The normalized spacial score (nSPS) is 25.4. The number of rotatable bonds is 2. The van der Waals surface area contributed by atoms with Crippen LogP contribution in [0.25, 0.3) is 0 Å². The molecule has 17 heavy (non-hydrogen) atoms. The Hall–Kier alpha value is -0.290. The molecule has 1 saturated heterocycles. The van der Waals surface area contributed by atoms with Crippen LogP contribution in [0.2, 0.25) is 0 Å². The van der Waals surface area contributed by atoms with Crippen molar-refractivity contribution in [2.24, 2.45) is 5.92 Å². The van der Waals surface area contributed by atoms with Crippen LogP contribution in [-0.2, 0) is 0 Å². The predicted octanol–water partition coefficient (Wildman–Crippen LogP) is 3.11. The van der Waals surface area contributed by atoms with Gasteiger partial charge in [0, 0.05) is 34.4 Å². The van der Waals surface area contributed by atoms with Gasteiger partial charge in [-0.25, -0.2) is 0 Å². The zero-order valence-electron chi connectivity index (χ0n) is 10.8. The highest BCUT2D eigenvalue weighted by Gasteiger charge is 2.26. The Labute approximate surface area is 118 Å². The third kappa shape index (κ3) is 3.13.